The number of alkyl halides is 3. The van der Waals surface area contributed by atoms with Crippen molar-refractivity contribution in [1.29, 1.82) is 0 Å². The van der Waals surface area contributed by atoms with Crippen molar-refractivity contribution in [2.45, 2.75) is 12.7 Å². The summed E-state index contributed by atoms with van der Waals surface area (Å²) < 4.78 is 57.5. The van der Waals surface area contributed by atoms with Crippen LogP contribution in [0.15, 0.2) is 85.2 Å². The van der Waals surface area contributed by atoms with Crippen molar-refractivity contribution in [2.24, 2.45) is 0 Å². The number of carbonyl (C=O) groups is 1. The van der Waals surface area contributed by atoms with Gasteiger partial charge in [-0.05, 0) is 34.5 Å². The third-order valence-electron chi connectivity index (χ3n) is 6.28. The van der Waals surface area contributed by atoms with Crippen molar-refractivity contribution in [2.75, 3.05) is 5.32 Å². The summed E-state index contributed by atoms with van der Waals surface area (Å²) in [5, 5.41) is 12.2. The second-order valence-electron chi connectivity index (χ2n) is 8.95. The van der Waals surface area contributed by atoms with Crippen molar-refractivity contribution in [1.82, 2.24) is 24.4 Å². The summed E-state index contributed by atoms with van der Waals surface area (Å²) in [6.45, 7) is 0.247. The molecule has 200 valence electrons. The van der Waals surface area contributed by atoms with Crippen molar-refractivity contribution in [3.8, 4) is 11.3 Å². The fourth-order valence-electron chi connectivity index (χ4n) is 4.43. The van der Waals surface area contributed by atoms with E-state index in [1.54, 1.807) is 36.4 Å². The van der Waals surface area contributed by atoms with E-state index in [2.05, 4.69) is 20.5 Å². The monoisotopic (exact) mass is 564 g/mol. The van der Waals surface area contributed by atoms with E-state index in [0.29, 0.717) is 15.5 Å². The maximum atomic E-state index is 14.1. The first-order chi connectivity index (χ1) is 19.2. The summed E-state index contributed by atoms with van der Waals surface area (Å²) in [4.78, 5) is 17.7. The third kappa shape index (κ3) is 4.75. The number of amides is 1. The molecule has 6 rings (SSSR count). The van der Waals surface area contributed by atoms with Crippen LogP contribution in [-0.4, -0.2) is 30.3 Å². The molecule has 0 aliphatic rings. The van der Waals surface area contributed by atoms with Crippen LogP contribution in [0, 0.1) is 5.82 Å². The predicted molar refractivity (Wildman–Crippen MR) is 142 cm³/mol. The van der Waals surface area contributed by atoms with Crippen LogP contribution >= 0.6 is 11.6 Å². The molecule has 0 saturated heterocycles. The van der Waals surface area contributed by atoms with Gasteiger partial charge in [0.25, 0.3) is 5.91 Å². The fraction of sp³-hybridized carbons (Fsp3) is 0.0714. The van der Waals surface area contributed by atoms with E-state index < -0.39 is 17.8 Å². The summed E-state index contributed by atoms with van der Waals surface area (Å²) in [7, 11) is 0. The molecule has 0 aliphatic carbocycles. The largest absolute Gasteiger partial charge is 0.433 e. The Bertz CT molecular complexity index is 1890. The van der Waals surface area contributed by atoms with Gasteiger partial charge in [0.05, 0.1) is 18.4 Å². The zero-order chi connectivity index (χ0) is 28.0. The molecule has 0 radical (unpaired) electrons. The molecule has 0 spiro atoms. The Kier molecular flexibility index (Phi) is 6.22. The first kappa shape index (κ1) is 25.5. The second kappa shape index (κ2) is 9.76. The highest BCUT2D eigenvalue weighted by Gasteiger charge is 2.36. The van der Waals surface area contributed by atoms with Gasteiger partial charge in [-0.2, -0.15) is 23.4 Å². The lowest BCUT2D eigenvalue weighted by Gasteiger charge is -2.13. The first-order valence-corrected chi connectivity index (χ1v) is 12.3. The maximum absolute atomic E-state index is 14.1. The number of hydrogen-bond donors (Lipinski definition) is 1. The molecule has 3 aromatic carbocycles. The fourth-order valence-corrected chi connectivity index (χ4v) is 4.62. The summed E-state index contributed by atoms with van der Waals surface area (Å²) in [6.07, 6.45) is -2.29. The molecule has 3 heterocycles. The van der Waals surface area contributed by atoms with E-state index in [0.717, 1.165) is 23.2 Å². The van der Waals surface area contributed by atoms with Crippen LogP contribution in [0.1, 0.15) is 21.6 Å². The summed E-state index contributed by atoms with van der Waals surface area (Å²) in [5.74, 6) is -1.18. The predicted octanol–water partition coefficient (Wildman–Crippen LogP) is 6.86. The molecule has 0 bridgehead atoms. The molecule has 3 aromatic heterocycles. The lowest BCUT2D eigenvalue weighted by molar-refractivity contribution is -0.142. The molecule has 0 aliphatic heterocycles. The Labute approximate surface area is 228 Å². The highest BCUT2D eigenvalue weighted by Crippen LogP contribution is 2.35. The van der Waals surface area contributed by atoms with Gasteiger partial charge in [0.2, 0.25) is 0 Å². The SMILES string of the molecule is O=C(Nc1nn(Cc2ccc(F)cc2)cc1Cl)c1cnn2c(C(F)(F)F)cc(-c3cccc4ccccc34)nc12. The number of halogens is 5. The molecule has 0 fully saturated rings. The Morgan fingerprint density at radius 3 is 2.52 bits per heavy atom. The molecule has 12 heteroatoms. The number of carbonyl (C=O) groups excluding carboxylic acids is 1. The number of rotatable bonds is 5. The Morgan fingerprint density at radius 2 is 1.75 bits per heavy atom. The van der Waals surface area contributed by atoms with Crippen LogP contribution in [0.25, 0.3) is 27.7 Å². The van der Waals surface area contributed by atoms with E-state index >= 15 is 0 Å². The van der Waals surface area contributed by atoms with Gasteiger partial charge in [-0.15, -0.1) is 0 Å². The molecular weight excluding hydrogens is 548 g/mol. The Balaban J connectivity index is 1.38. The zero-order valence-corrected chi connectivity index (χ0v) is 21.1. The topological polar surface area (TPSA) is 77.1 Å². The van der Waals surface area contributed by atoms with Crippen LogP contribution in [0.3, 0.4) is 0 Å². The van der Waals surface area contributed by atoms with Crippen LogP contribution in [0.4, 0.5) is 23.4 Å². The van der Waals surface area contributed by atoms with Gasteiger partial charge in [0.15, 0.2) is 17.2 Å². The number of fused-ring (bicyclic) bond motifs is 2. The number of nitrogens with zero attached hydrogens (tertiary/aromatic N) is 5. The van der Waals surface area contributed by atoms with Crippen LogP contribution < -0.4 is 5.32 Å². The molecular formula is C28H17ClF4N6O. The average molecular weight is 565 g/mol. The lowest BCUT2D eigenvalue weighted by Crippen LogP contribution is -2.16. The van der Waals surface area contributed by atoms with Gasteiger partial charge in [-0.1, -0.05) is 66.2 Å². The third-order valence-corrected chi connectivity index (χ3v) is 6.56. The molecule has 1 N–H and O–H groups in total. The lowest BCUT2D eigenvalue weighted by atomic mass is 10.0. The molecule has 0 saturated carbocycles. The Morgan fingerprint density at radius 1 is 1.00 bits per heavy atom. The molecule has 0 unspecified atom stereocenters. The van der Waals surface area contributed by atoms with E-state index in [9.17, 15) is 22.4 Å². The van der Waals surface area contributed by atoms with E-state index in [1.807, 2.05) is 18.2 Å². The Hall–Kier alpha value is -4.77. The zero-order valence-electron chi connectivity index (χ0n) is 20.3. The van der Waals surface area contributed by atoms with Crippen molar-refractivity contribution < 1.29 is 22.4 Å². The number of benzene rings is 3. The normalized spacial score (nSPS) is 11.8. The number of aromatic nitrogens is 5. The highest BCUT2D eigenvalue weighted by molar-refractivity contribution is 6.33. The van der Waals surface area contributed by atoms with Crippen molar-refractivity contribution >= 4 is 39.7 Å². The standard InChI is InChI=1S/C28H17ClF4N6O/c29-22-15-38(14-16-8-10-18(30)11-9-16)37-25(22)36-27(40)21-13-34-39-24(28(31,32)33)12-23(35-26(21)39)20-7-3-5-17-4-1-2-6-19(17)20/h1-13,15H,14H2,(H,36,37,40). The van der Waals surface area contributed by atoms with Crippen molar-refractivity contribution in [3.63, 3.8) is 0 Å². The first-order valence-electron chi connectivity index (χ1n) is 11.9. The summed E-state index contributed by atoms with van der Waals surface area (Å²) in [6, 6.07) is 19.2. The van der Waals surface area contributed by atoms with E-state index in [4.69, 9.17) is 11.6 Å². The summed E-state index contributed by atoms with van der Waals surface area (Å²) >= 11 is 6.26. The van der Waals surface area contributed by atoms with Gasteiger partial charge in [-0.3, -0.25) is 9.48 Å². The van der Waals surface area contributed by atoms with E-state index in [1.165, 1.54) is 23.0 Å². The summed E-state index contributed by atoms with van der Waals surface area (Å²) in [5.41, 5.74) is -0.310. The van der Waals surface area contributed by atoms with Crippen LogP contribution in [-0.2, 0) is 12.7 Å². The smallest absolute Gasteiger partial charge is 0.304 e. The number of anilines is 1. The average Bonchev–Trinajstić information content (AvgIpc) is 3.51. The number of hydrogen-bond acceptors (Lipinski definition) is 4. The van der Waals surface area contributed by atoms with Crippen LogP contribution in [0.5, 0.6) is 0 Å². The molecule has 6 aromatic rings. The van der Waals surface area contributed by atoms with Gasteiger partial charge in [0, 0.05) is 11.8 Å². The number of nitrogens with one attached hydrogen (secondary N) is 1. The maximum Gasteiger partial charge on any atom is 0.433 e. The minimum Gasteiger partial charge on any atom is -0.304 e. The van der Waals surface area contributed by atoms with Gasteiger partial charge >= 0.3 is 6.18 Å². The van der Waals surface area contributed by atoms with Gasteiger partial charge in [0.1, 0.15) is 16.4 Å². The quantitative estimate of drug-likeness (QED) is 0.232. The van der Waals surface area contributed by atoms with Crippen LogP contribution in [0.2, 0.25) is 5.02 Å². The highest BCUT2D eigenvalue weighted by atomic mass is 35.5. The van der Waals surface area contributed by atoms with Crippen molar-refractivity contribution in [3.05, 3.63) is 113 Å². The molecule has 1 amide bonds. The van der Waals surface area contributed by atoms with Gasteiger partial charge < -0.3 is 5.32 Å². The molecule has 7 nitrogen and oxygen atoms in total. The molecule has 40 heavy (non-hydrogen) atoms. The van der Waals surface area contributed by atoms with E-state index in [-0.39, 0.29) is 40.1 Å². The molecule has 0 atom stereocenters. The minimum absolute atomic E-state index is 0.00520. The van der Waals surface area contributed by atoms with Gasteiger partial charge in [-0.25, -0.2) is 13.9 Å². The minimum atomic E-state index is -4.78. The second-order valence-corrected chi connectivity index (χ2v) is 9.36.